The Morgan fingerprint density at radius 3 is 2.16 bits per heavy atom. The van der Waals surface area contributed by atoms with Gasteiger partial charge in [0.1, 0.15) is 0 Å². The lowest BCUT2D eigenvalue weighted by atomic mass is 10.1. The number of hydrogen-bond acceptors (Lipinski definition) is 2. The Labute approximate surface area is 115 Å². The maximum absolute atomic E-state index is 3.51. The van der Waals surface area contributed by atoms with Gasteiger partial charge in [-0.25, -0.2) is 0 Å². The van der Waals surface area contributed by atoms with Crippen LogP contribution in [-0.2, 0) is 13.1 Å². The Morgan fingerprint density at radius 1 is 0.947 bits per heavy atom. The highest BCUT2D eigenvalue weighted by atomic mass is 15.2. The Balaban J connectivity index is 1.57. The molecular formula is C17H20N2. The van der Waals surface area contributed by atoms with Gasteiger partial charge < -0.3 is 5.32 Å². The standard InChI is InChI=1S/C17H20N2/c1-14(11-18-17-9-3-2-4-10-17)19-12-15-7-5-6-8-16(15)13-19/h2-10,14,18H,11-13H2,1H3. The fourth-order valence-electron chi connectivity index (χ4n) is 2.62. The third-order valence-electron chi connectivity index (χ3n) is 3.86. The van der Waals surface area contributed by atoms with Crippen LogP contribution in [0.5, 0.6) is 0 Å². The second kappa shape index (κ2) is 5.45. The quantitative estimate of drug-likeness (QED) is 0.896. The summed E-state index contributed by atoms with van der Waals surface area (Å²) >= 11 is 0. The first-order valence-electron chi connectivity index (χ1n) is 6.92. The van der Waals surface area contributed by atoms with Crippen LogP contribution in [0.4, 0.5) is 5.69 Å². The van der Waals surface area contributed by atoms with Crippen molar-refractivity contribution >= 4 is 5.69 Å². The van der Waals surface area contributed by atoms with Gasteiger partial charge in [-0.15, -0.1) is 0 Å². The van der Waals surface area contributed by atoms with Gasteiger partial charge in [0.2, 0.25) is 0 Å². The van der Waals surface area contributed by atoms with E-state index in [2.05, 4.69) is 65.7 Å². The van der Waals surface area contributed by atoms with Crippen LogP contribution in [0.25, 0.3) is 0 Å². The third kappa shape index (κ3) is 2.79. The van der Waals surface area contributed by atoms with E-state index in [-0.39, 0.29) is 0 Å². The van der Waals surface area contributed by atoms with E-state index in [1.54, 1.807) is 0 Å². The van der Waals surface area contributed by atoms with Gasteiger partial charge in [-0.2, -0.15) is 0 Å². The molecule has 1 aliphatic rings. The molecule has 0 saturated heterocycles. The van der Waals surface area contributed by atoms with Crippen molar-refractivity contribution in [1.29, 1.82) is 0 Å². The number of para-hydroxylation sites is 1. The number of rotatable bonds is 4. The molecule has 1 N–H and O–H groups in total. The van der Waals surface area contributed by atoms with Crippen molar-refractivity contribution in [3.05, 3.63) is 65.7 Å². The van der Waals surface area contributed by atoms with E-state index in [4.69, 9.17) is 0 Å². The molecule has 2 aromatic rings. The van der Waals surface area contributed by atoms with E-state index in [9.17, 15) is 0 Å². The Morgan fingerprint density at radius 2 is 1.53 bits per heavy atom. The van der Waals surface area contributed by atoms with Gasteiger partial charge in [0.25, 0.3) is 0 Å². The lowest BCUT2D eigenvalue weighted by Gasteiger charge is -2.24. The van der Waals surface area contributed by atoms with Crippen LogP contribution >= 0.6 is 0 Å². The zero-order chi connectivity index (χ0) is 13.1. The van der Waals surface area contributed by atoms with Crippen LogP contribution in [0.15, 0.2) is 54.6 Å². The Bertz CT molecular complexity index is 511. The molecule has 98 valence electrons. The van der Waals surface area contributed by atoms with Crippen LogP contribution in [0.1, 0.15) is 18.1 Å². The van der Waals surface area contributed by atoms with Crippen molar-refractivity contribution in [1.82, 2.24) is 4.90 Å². The smallest absolute Gasteiger partial charge is 0.0340 e. The van der Waals surface area contributed by atoms with Crippen molar-refractivity contribution in [2.75, 3.05) is 11.9 Å². The van der Waals surface area contributed by atoms with Crippen molar-refractivity contribution in [3.63, 3.8) is 0 Å². The van der Waals surface area contributed by atoms with E-state index in [1.807, 2.05) is 6.07 Å². The third-order valence-corrected chi connectivity index (χ3v) is 3.86. The molecule has 1 heterocycles. The monoisotopic (exact) mass is 252 g/mol. The molecule has 0 radical (unpaired) electrons. The first kappa shape index (κ1) is 12.2. The van der Waals surface area contributed by atoms with Crippen LogP contribution in [0, 0.1) is 0 Å². The number of fused-ring (bicyclic) bond motifs is 1. The van der Waals surface area contributed by atoms with E-state index >= 15 is 0 Å². The van der Waals surface area contributed by atoms with Gasteiger partial charge >= 0.3 is 0 Å². The van der Waals surface area contributed by atoms with Crippen LogP contribution in [-0.4, -0.2) is 17.5 Å². The molecule has 3 rings (SSSR count). The molecule has 0 amide bonds. The number of nitrogens with one attached hydrogen (secondary N) is 1. The molecule has 0 aliphatic carbocycles. The van der Waals surface area contributed by atoms with Gasteiger partial charge in [-0.1, -0.05) is 42.5 Å². The van der Waals surface area contributed by atoms with Gasteiger partial charge in [0, 0.05) is 31.4 Å². The highest BCUT2D eigenvalue weighted by Crippen LogP contribution is 2.24. The lowest BCUT2D eigenvalue weighted by Crippen LogP contribution is -2.33. The number of hydrogen-bond donors (Lipinski definition) is 1. The largest absolute Gasteiger partial charge is 0.383 e. The van der Waals surface area contributed by atoms with E-state index in [0.29, 0.717) is 6.04 Å². The van der Waals surface area contributed by atoms with Crippen molar-refractivity contribution in [3.8, 4) is 0 Å². The SMILES string of the molecule is CC(CNc1ccccc1)N1Cc2ccccc2C1. The zero-order valence-corrected chi connectivity index (χ0v) is 11.3. The van der Waals surface area contributed by atoms with Gasteiger partial charge in [-0.3, -0.25) is 4.90 Å². The predicted octanol–water partition coefficient (Wildman–Crippen LogP) is 3.50. The summed E-state index contributed by atoms with van der Waals surface area (Å²) < 4.78 is 0. The molecule has 1 unspecified atom stereocenters. The molecule has 0 spiro atoms. The fraction of sp³-hybridized carbons (Fsp3) is 0.294. The highest BCUT2D eigenvalue weighted by molar-refractivity contribution is 5.42. The maximum Gasteiger partial charge on any atom is 0.0340 e. The van der Waals surface area contributed by atoms with E-state index < -0.39 is 0 Å². The normalized spacial score (nSPS) is 16.1. The summed E-state index contributed by atoms with van der Waals surface area (Å²) in [5, 5.41) is 3.51. The molecule has 2 aromatic carbocycles. The van der Waals surface area contributed by atoms with Crippen molar-refractivity contribution in [2.45, 2.75) is 26.1 Å². The fourth-order valence-corrected chi connectivity index (χ4v) is 2.62. The summed E-state index contributed by atoms with van der Waals surface area (Å²) in [6, 6.07) is 19.7. The van der Waals surface area contributed by atoms with Gasteiger partial charge in [0.05, 0.1) is 0 Å². The second-order valence-corrected chi connectivity index (χ2v) is 5.27. The maximum atomic E-state index is 3.51. The topological polar surface area (TPSA) is 15.3 Å². The first-order valence-corrected chi connectivity index (χ1v) is 6.92. The van der Waals surface area contributed by atoms with E-state index in [0.717, 1.165) is 19.6 Å². The number of benzene rings is 2. The molecule has 1 aliphatic heterocycles. The molecule has 19 heavy (non-hydrogen) atoms. The molecule has 2 heteroatoms. The minimum Gasteiger partial charge on any atom is -0.383 e. The highest BCUT2D eigenvalue weighted by Gasteiger charge is 2.22. The Hall–Kier alpha value is -1.80. The predicted molar refractivity (Wildman–Crippen MR) is 80.1 cm³/mol. The average molecular weight is 252 g/mol. The molecule has 0 saturated carbocycles. The summed E-state index contributed by atoms with van der Waals surface area (Å²) in [5.74, 6) is 0. The molecule has 2 nitrogen and oxygen atoms in total. The Kier molecular flexibility index (Phi) is 3.51. The first-order chi connectivity index (χ1) is 9.33. The zero-order valence-electron chi connectivity index (χ0n) is 11.3. The minimum absolute atomic E-state index is 0.535. The van der Waals surface area contributed by atoms with Crippen molar-refractivity contribution < 1.29 is 0 Å². The minimum atomic E-state index is 0.535. The molecular weight excluding hydrogens is 232 g/mol. The molecule has 0 bridgehead atoms. The van der Waals surface area contributed by atoms with Gasteiger partial charge in [0.15, 0.2) is 0 Å². The number of nitrogens with zero attached hydrogens (tertiary/aromatic N) is 1. The van der Waals surface area contributed by atoms with Crippen molar-refractivity contribution in [2.24, 2.45) is 0 Å². The molecule has 0 aromatic heterocycles. The van der Waals surface area contributed by atoms with Crippen LogP contribution < -0.4 is 5.32 Å². The lowest BCUT2D eigenvalue weighted by molar-refractivity contribution is 0.221. The average Bonchev–Trinajstić information content (AvgIpc) is 2.90. The summed E-state index contributed by atoms with van der Waals surface area (Å²) in [4.78, 5) is 2.53. The number of anilines is 1. The summed E-state index contributed by atoms with van der Waals surface area (Å²) in [6.07, 6.45) is 0. The summed E-state index contributed by atoms with van der Waals surface area (Å²) in [6.45, 7) is 5.43. The molecule has 0 fully saturated rings. The molecule has 1 atom stereocenters. The second-order valence-electron chi connectivity index (χ2n) is 5.27. The van der Waals surface area contributed by atoms with Crippen LogP contribution in [0.2, 0.25) is 0 Å². The van der Waals surface area contributed by atoms with Crippen LogP contribution in [0.3, 0.4) is 0 Å². The summed E-state index contributed by atoms with van der Waals surface area (Å²) in [5.41, 5.74) is 4.16. The summed E-state index contributed by atoms with van der Waals surface area (Å²) in [7, 11) is 0. The van der Waals surface area contributed by atoms with Gasteiger partial charge in [-0.05, 0) is 30.2 Å². The van der Waals surface area contributed by atoms with E-state index in [1.165, 1.54) is 16.8 Å².